The van der Waals surface area contributed by atoms with Crippen molar-refractivity contribution in [2.45, 2.75) is 27.2 Å². The normalized spacial score (nSPS) is 10.1. The Kier molecular flexibility index (Phi) is 8.20. The van der Waals surface area contributed by atoms with Crippen LogP contribution in [0.2, 0.25) is 0 Å². The molecule has 0 heterocycles. The number of amides is 1. The van der Waals surface area contributed by atoms with Crippen LogP contribution in [-0.4, -0.2) is 24.1 Å². The SMILES string of the molecule is C/C(=C\N(C)C(=O)c1ccccc1)CC=O.CC. The lowest BCUT2D eigenvalue weighted by molar-refractivity contribution is -0.107. The summed E-state index contributed by atoms with van der Waals surface area (Å²) in [5, 5.41) is 0. The minimum atomic E-state index is -0.0779. The Bertz CT molecular complexity index is 396. The molecule has 1 aromatic carbocycles. The summed E-state index contributed by atoms with van der Waals surface area (Å²) >= 11 is 0. The highest BCUT2D eigenvalue weighted by Gasteiger charge is 2.08. The van der Waals surface area contributed by atoms with Crippen molar-refractivity contribution in [1.29, 1.82) is 0 Å². The molecule has 0 saturated heterocycles. The Labute approximate surface area is 109 Å². The molecule has 0 spiro atoms. The van der Waals surface area contributed by atoms with E-state index in [4.69, 9.17) is 0 Å². The minimum absolute atomic E-state index is 0.0779. The van der Waals surface area contributed by atoms with Crippen molar-refractivity contribution in [2.75, 3.05) is 7.05 Å². The Morgan fingerprint density at radius 3 is 2.28 bits per heavy atom. The van der Waals surface area contributed by atoms with Crippen LogP contribution in [0.1, 0.15) is 37.6 Å². The zero-order chi connectivity index (χ0) is 14.0. The molecular weight excluding hydrogens is 226 g/mol. The van der Waals surface area contributed by atoms with Gasteiger partial charge in [0.25, 0.3) is 5.91 Å². The van der Waals surface area contributed by atoms with Gasteiger partial charge >= 0.3 is 0 Å². The third kappa shape index (κ3) is 5.43. The molecule has 18 heavy (non-hydrogen) atoms. The summed E-state index contributed by atoms with van der Waals surface area (Å²) in [6, 6.07) is 9.04. The maximum Gasteiger partial charge on any atom is 0.257 e. The zero-order valence-electron chi connectivity index (χ0n) is 11.5. The molecule has 98 valence electrons. The quantitative estimate of drug-likeness (QED) is 0.766. The van der Waals surface area contributed by atoms with Gasteiger partial charge in [-0.2, -0.15) is 0 Å². The van der Waals surface area contributed by atoms with Crippen LogP contribution < -0.4 is 0 Å². The average molecular weight is 247 g/mol. The number of carbonyl (C=O) groups is 2. The van der Waals surface area contributed by atoms with Crippen molar-refractivity contribution in [3.8, 4) is 0 Å². The number of aldehydes is 1. The van der Waals surface area contributed by atoms with E-state index in [0.717, 1.165) is 11.9 Å². The highest BCUT2D eigenvalue weighted by molar-refractivity contribution is 5.94. The molecule has 1 amide bonds. The standard InChI is InChI=1S/C13H15NO2.C2H6/c1-11(8-9-15)10-14(2)13(16)12-6-4-3-5-7-12;1-2/h3-7,9-10H,8H2,1-2H3;1-2H3/b11-10+;. The summed E-state index contributed by atoms with van der Waals surface area (Å²) in [6.45, 7) is 5.82. The highest BCUT2D eigenvalue weighted by atomic mass is 16.2. The molecule has 0 aliphatic rings. The molecule has 1 aromatic rings. The second-order valence-corrected chi connectivity index (χ2v) is 3.63. The number of hydrogen-bond donors (Lipinski definition) is 0. The largest absolute Gasteiger partial charge is 0.318 e. The second-order valence-electron chi connectivity index (χ2n) is 3.63. The molecule has 0 aliphatic carbocycles. The molecule has 3 heteroatoms. The van der Waals surface area contributed by atoms with Crippen LogP contribution in [0.4, 0.5) is 0 Å². The lowest BCUT2D eigenvalue weighted by Gasteiger charge is -2.13. The number of nitrogens with zero attached hydrogens (tertiary/aromatic N) is 1. The van der Waals surface area contributed by atoms with Gasteiger partial charge in [0.15, 0.2) is 0 Å². The summed E-state index contributed by atoms with van der Waals surface area (Å²) in [6.07, 6.45) is 2.86. The molecule has 1 rings (SSSR count). The molecule has 0 aliphatic heterocycles. The van der Waals surface area contributed by atoms with Crippen LogP contribution in [0.3, 0.4) is 0 Å². The first kappa shape index (κ1) is 16.1. The van der Waals surface area contributed by atoms with Crippen molar-refractivity contribution >= 4 is 12.2 Å². The minimum Gasteiger partial charge on any atom is -0.318 e. The molecule has 3 nitrogen and oxygen atoms in total. The van der Waals surface area contributed by atoms with E-state index < -0.39 is 0 Å². The van der Waals surface area contributed by atoms with Gasteiger partial charge in [0.2, 0.25) is 0 Å². The van der Waals surface area contributed by atoms with Gasteiger partial charge in [-0.05, 0) is 24.6 Å². The summed E-state index contributed by atoms with van der Waals surface area (Å²) in [4.78, 5) is 23.7. The van der Waals surface area contributed by atoms with Crippen LogP contribution in [-0.2, 0) is 4.79 Å². The third-order valence-corrected chi connectivity index (χ3v) is 2.16. The Balaban J connectivity index is 0.00000137. The monoisotopic (exact) mass is 247 g/mol. The second kappa shape index (κ2) is 9.16. The van der Waals surface area contributed by atoms with Crippen LogP contribution in [0.15, 0.2) is 42.1 Å². The van der Waals surface area contributed by atoms with Gasteiger partial charge in [-0.15, -0.1) is 0 Å². The van der Waals surface area contributed by atoms with Crippen molar-refractivity contribution in [2.24, 2.45) is 0 Å². The molecule has 0 fully saturated rings. The van der Waals surface area contributed by atoms with E-state index in [-0.39, 0.29) is 5.91 Å². The van der Waals surface area contributed by atoms with E-state index in [0.29, 0.717) is 12.0 Å². The van der Waals surface area contributed by atoms with Crippen molar-refractivity contribution in [1.82, 2.24) is 4.90 Å². The fourth-order valence-corrected chi connectivity index (χ4v) is 1.36. The van der Waals surface area contributed by atoms with Gasteiger partial charge in [0.05, 0.1) is 0 Å². The molecule has 0 bridgehead atoms. The summed E-state index contributed by atoms with van der Waals surface area (Å²) < 4.78 is 0. The predicted octanol–water partition coefficient (Wildman–Crippen LogP) is 3.28. The molecule has 0 unspecified atom stereocenters. The third-order valence-electron chi connectivity index (χ3n) is 2.16. The van der Waals surface area contributed by atoms with Gasteiger partial charge in [0.1, 0.15) is 6.29 Å². The maximum absolute atomic E-state index is 11.9. The van der Waals surface area contributed by atoms with E-state index in [1.165, 1.54) is 4.90 Å². The smallest absolute Gasteiger partial charge is 0.257 e. The van der Waals surface area contributed by atoms with E-state index >= 15 is 0 Å². The topological polar surface area (TPSA) is 37.4 Å². The molecule has 0 radical (unpaired) electrons. The van der Waals surface area contributed by atoms with Crippen molar-refractivity contribution in [3.63, 3.8) is 0 Å². The summed E-state index contributed by atoms with van der Waals surface area (Å²) in [5.41, 5.74) is 1.50. The van der Waals surface area contributed by atoms with Crippen LogP contribution >= 0.6 is 0 Å². The molecule has 0 atom stereocenters. The number of allylic oxidation sites excluding steroid dienone is 1. The number of benzene rings is 1. The van der Waals surface area contributed by atoms with Crippen molar-refractivity contribution in [3.05, 3.63) is 47.7 Å². The Morgan fingerprint density at radius 2 is 1.78 bits per heavy atom. The first-order chi connectivity index (χ1) is 8.65. The molecule has 0 aromatic heterocycles. The zero-order valence-corrected chi connectivity index (χ0v) is 11.5. The van der Waals surface area contributed by atoms with Gasteiger partial charge in [0, 0.05) is 25.2 Å². The van der Waals surface area contributed by atoms with Crippen LogP contribution in [0, 0.1) is 0 Å². The molecular formula is C15H21NO2. The van der Waals surface area contributed by atoms with E-state index in [1.54, 1.807) is 25.4 Å². The lowest BCUT2D eigenvalue weighted by Crippen LogP contribution is -2.21. The van der Waals surface area contributed by atoms with Crippen LogP contribution in [0.5, 0.6) is 0 Å². The fourth-order valence-electron chi connectivity index (χ4n) is 1.36. The number of carbonyl (C=O) groups excluding carboxylic acids is 2. The van der Waals surface area contributed by atoms with Gasteiger partial charge < -0.3 is 9.69 Å². The lowest BCUT2D eigenvalue weighted by atomic mass is 10.2. The van der Waals surface area contributed by atoms with E-state index in [9.17, 15) is 9.59 Å². The van der Waals surface area contributed by atoms with E-state index in [1.807, 2.05) is 39.0 Å². The Hall–Kier alpha value is -1.90. The summed E-state index contributed by atoms with van der Waals surface area (Å²) in [5.74, 6) is -0.0779. The van der Waals surface area contributed by atoms with Crippen LogP contribution in [0.25, 0.3) is 0 Å². The van der Waals surface area contributed by atoms with E-state index in [2.05, 4.69) is 0 Å². The average Bonchev–Trinajstić information content (AvgIpc) is 2.41. The molecule has 0 N–H and O–H groups in total. The number of hydrogen-bond acceptors (Lipinski definition) is 2. The molecule has 0 saturated carbocycles. The Morgan fingerprint density at radius 1 is 1.22 bits per heavy atom. The van der Waals surface area contributed by atoms with Gasteiger partial charge in [-0.3, -0.25) is 4.79 Å². The highest BCUT2D eigenvalue weighted by Crippen LogP contribution is 2.06. The summed E-state index contributed by atoms with van der Waals surface area (Å²) in [7, 11) is 1.68. The van der Waals surface area contributed by atoms with Crippen molar-refractivity contribution < 1.29 is 9.59 Å². The maximum atomic E-state index is 11.9. The predicted molar refractivity (Wildman–Crippen MR) is 74.3 cm³/mol. The fraction of sp³-hybridized carbons (Fsp3) is 0.333. The van der Waals surface area contributed by atoms with Gasteiger partial charge in [-0.1, -0.05) is 32.0 Å². The number of rotatable bonds is 4. The first-order valence-electron chi connectivity index (χ1n) is 6.08. The van der Waals surface area contributed by atoms with Gasteiger partial charge in [-0.25, -0.2) is 0 Å². The first-order valence-corrected chi connectivity index (χ1v) is 6.08.